The van der Waals surface area contributed by atoms with Crippen LogP contribution in [0.15, 0.2) is 0 Å². The number of hydrogen-bond acceptors (Lipinski definition) is 3. The molecule has 1 aromatic rings. The van der Waals surface area contributed by atoms with Crippen LogP contribution in [0.5, 0.6) is 0 Å². The van der Waals surface area contributed by atoms with Crippen LogP contribution in [-0.4, -0.2) is 19.3 Å². The number of aromatic nitrogens is 3. The van der Waals surface area contributed by atoms with Crippen LogP contribution in [0.1, 0.15) is 24.2 Å². The summed E-state index contributed by atoms with van der Waals surface area (Å²) in [4.78, 5) is 0. The number of nitrogens with one attached hydrogen (secondary N) is 1. The summed E-state index contributed by atoms with van der Waals surface area (Å²) in [6.07, 6.45) is 4.78. The molecule has 5 heteroatoms. The molecule has 0 amide bonds. The van der Waals surface area contributed by atoms with Crippen molar-refractivity contribution in [3.05, 3.63) is 11.4 Å². The van der Waals surface area contributed by atoms with Gasteiger partial charge in [0, 0.05) is 0 Å². The third-order valence-corrected chi connectivity index (χ3v) is 6.18. The predicted molar refractivity (Wildman–Crippen MR) is 48.0 cm³/mol. The Morgan fingerprint density at radius 1 is 1.14 bits per heavy atom. The van der Waals surface area contributed by atoms with E-state index >= 15 is 0 Å². The first kappa shape index (κ1) is 9.08. The quantitative estimate of drug-likeness (QED) is 0.336. The molecule has 1 saturated carbocycles. The van der Waals surface area contributed by atoms with Gasteiger partial charge in [-0.25, -0.2) is 0 Å². The summed E-state index contributed by atoms with van der Waals surface area (Å²) in [6.45, 7) is 0. The first-order valence-electron chi connectivity index (χ1n) is 5.10. The van der Waals surface area contributed by atoms with E-state index in [9.17, 15) is 0 Å². The number of H-pyrrole nitrogens is 1. The number of aromatic amines is 1. The minimum absolute atomic E-state index is 0.0297. The Morgan fingerprint density at radius 2 is 1.71 bits per heavy atom. The van der Waals surface area contributed by atoms with Crippen molar-refractivity contribution in [3.63, 3.8) is 0 Å². The summed E-state index contributed by atoms with van der Waals surface area (Å²) in [6, 6.07) is 0. The summed E-state index contributed by atoms with van der Waals surface area (Å²) < 4.78 is 6.75. The molecule has 0 saturated heterocycles. The van der Waals surface area contributed by atoms with E-state index in [0.717, 1.165) is 28.6 Å². The van der Waals surface area contributed by atoms with Crippen molar-refractivity contribution in [1.82, 2.24) is 15.4 Å². The fourth-order valence-electron chi connectivity index (χ4n) is 2.61. The molecule has 2 atom stereocenters. The summed E-state index contributed by atoms with van der Waals surface area (Å²) in [5, 5.41) is 11.1. The van der Waals surface area contributed by atoms with Crippen molar-refractivity contribution >= 4 is 0 Å². The second kappa shape index (κ2) is 3.44. The zero-order valence-electron chi connectivity index (χ0n) is 7.91. The molecular formula is C9H14IN4-. The van der Waals surface area contributed by atoms with E-state index in [1.165, 1.54) is 24.2 Å². The molecule has 0 aromatic carbocycles. The topological polar surface area (TPSA) is 67.6 Å². The Morgan fingerprint density at radius 3 is 2.21 bits per heavy atom. The monoisotopic (exact) mass is 305 g/mol. The number of rotatable bonds is 1. The van der Waals surface area contributed by atoms with Gasteiger partial charge in [0.05, 0.1) is 0 Å². The third kappa shape index (κ3) is 1.37. The third-order valence-electron chi connectivity index (χ3n) is 3.50. The molecule has 3 rings (SSSR count). The Kier molecular flexibility index (Phi) is 2.24. The van der Waals surface area contributed by atoms with E-state index in [0.29, 0.717) is 0 Å². The Balaban J connectivity index is 1.77. The van der Waals surface area contributed by atoms with Crippen LogP contribution >= 0.6 is 0 Å². The molecule has 1 aromatic heterocycles. The van der Waals surface area contributed by atoms with Crippen LogP contribution in [0.4, 0.5) is 0 Å². The molecule has 0 bridgehead atoms. The standard InChI is InChI=1S/C9H14IN4/c11-10-9-5-1-3-7-8(13-14-12-7)4-2-6(5)9/h5-6,9H,1-4,11H2,(H,12,13,14)/q-1. The molecule has 0 spiro atoms. The summed E-state index contributed by atoms with van der Waals surface area (Å²) in [5.74, 6) is 1.86. The first-order valence-corrected chi connectivity index (χ1v) is 7.60. The summed E-state index contributed by atoms with van der Waals surface area (Å²) in [7, 11) is 0. The van der Waals surface area contributed by atoms with Crippen molar-refractivity contribution in [2.45, 2.75) is 29.6 Å². The maximum atomic E-state index is 5.85. The zero-order chi connectivity index (χ0) is 9.54. The number of alkyl halides is 1. The fourth-order valence-corrected chi connectivity index (χ4v) is 5.23. The van der Waals surface area contributed by atoms with Gasteiger partial charge in [-0.3, -0.25) is 0 Å². The fraction of sp³-hybridized carbons (Fsp3) is 0.778. The van der Waals surface area contributed by atoms with E-state index in [4.69, 9.17) is 3.95 Å². The first-order chi connectivity index (χ1) is 6.90. The molecule has 0 radical (unpaired) electrons. The summed E-state index contributed by atoms with van der Waals surface area (Å²) >= 11 is -0.0297. The van der Waals surface area contributed by atoms with E-state index in [1.807, 2.05) is 0 Å². The van der Waals surface area contributed by atoms with Crippen molar-refractivity contribution < 1.29 is 21.5 Å². The van der Waals surface area contributed by atoms with Gasteiger partial charge in [0.25, 0.3) is 0 Å². The van der Waals surface area contributed by atoms with Gasteiger partial charge in [0.1, 0.15) is 0 Å². The number of hydrogen-bond donors (Lipinski definition) is 2. The molecule has 3 N–H and O–H groups in total. The van der Waals surface area contributed by atoms with E-state index < -0.39 is 0 Å². The van der Waals surface area contributed by atoms with E-state index in [-0.39, 0.29) is 21.5 Å². The van der Waals surface area contributed by atoms with Gasteiger partial charge in [-0.2, -0.15) is 0 Å². The van der Waals surface area contributed by atoms with Crippen LogP contribution in [0.3, 0.4) is 0 Å². The van der Waals surface area contributed by atoms with Gasteiger partial charge in [0.15, 0.2) is 0 Å². The molecule has 14 heavy (non-hydrogen) atoms. The van der Waals surface area contributed by atoms with Gasteiger partial charge in [-0.15, -0.1) is 0 Å². The van der Waals surface area contributed by atoms with Crippen molar-refractivity contribution in [2.75, 3.05) is 0 Å². The molecule has 2 aliphatic carbocycles. The second-order valence-corrected chi connectivity index (χ2v) is 6.35. The van der Waals surface area contributed by atoms with Crippen molar-refractivity contribution in [3.8, 4) is 0 Å². The van der Waals surface area contributed by atoms with Crippen LogP contribution in [0.2, 0.25) is 0 Å². The predicted octanol–water partition coefficient (Wildman–Crippen LogP) is -2.74. The van der Waals surface area contributed by atoms with Crippen molar-refractivity contribution in [2.24, 2.45) is 15.8 Å². The molecule has 78 valence electrons. The number of nitrogens with two attached hydrogens (primary N) is 1. The average Bonchev–Trinajstić information content (AvgIpc) is 2.65. The van der Waals surface area contributed by atoms with Crippen LogP contribution in [-0.2, 0) is 12.8 Å². The number of fused-ring (bicyclic) bond motifs is 2. The van der Waals surface area contributed by atoms with Gasteiger partial charge in [-0.1, -0.05) is 0 Å². The number of nitrogens with zero attached hydrogens (tertiary/aromatic N) is 2. The van der Waals surface area contributed by atoms with Gasteiger partial charge in [0.2, 0.25) is 0 Å². The Bertz CT molecular complexity index is 309. The van der Waals surface area contributed by atoms with Gasteiger partial charge in [-0.05, 0) is 0 Å². The maximum absolute atomic E-state index is 5.85. The normalized spacial score (nSPS) is 35.6. The molecule has 2 unspecified atom stereocenters. The van der Waals surface area contributed by atoms with Crippen molar-refractivity contribution in [1.29, 1.82) is 0 Å². The summed E-state index contributed by atoms with van der Waals surface area (Å²) in [5.41, 5.74) is 2.40. The number of halogens is 1. The molecular weight excluding hydrogens is 291 g/mol. The van der Waals surface area contributed by atoms with E-state index in [1.54, 1.807) is 0 Å². The molecule has 1 heterocycles. The molecule has 4 nitrogen and oxygen atoms in total. The van der Waals surface area contributed by atoms with E-state index in [2.05, 4.69) is 15.4 Å². The Labute approximate surface area is 93.6 Å². The van der Waals surface area contributed by atoms with Crippen LogP contribution < -0.4 is 25.4 Å². The molecule has 1 fully saturated rings. The molecule has 2 aliphatic rings. The minimum atomic E-state index is -0.0297. The number of aryl methyl sites for hydroxylation is 2. The SMILES string of the molecule is N[I-]C1C2CCc3n[nH]nc3CCC21. The second-order valence-electron chi connectivity index (χ2n) is 4.19. The average molecular weight is 305 g/mol. The van der Waals surface area contributed by atoms with Gasteiger partial charge < -0.3 is 0 Å². The van der Waals surface area contributed by atoms with Crippen LogP contribution in [0.25, 0.3) is 0 Å². The molecule has 0 aliphatic heterocycles. The van der Waals surface area contributed by atoms with Crippen LogP contribution in [0, 0.1) is 11.8 Å². The van der Waals surface area contributed by atoms with Gasteiger partial charge >= 0.3 is 93.7 Å². The zero-order valence-corrected chi connectivity index (χ0v) is 10.1. The Hall–Kier alpha value is -0.170.